The predicted molar refractivity (Wildman–Crippen MR) is 343 cm³/mol. The lowest BCUT2D eigenvalue weighted by Crippen LogP contribution is -2.30. The molecule has 0 amide bonds. The molecule has 0 heterocycles. The monoisotopic (exact) mass is 1090 g/mol. The molecule has 6 nitrogen and oxygen atoms in total. The molecule has 0 spiro atoms. The number of hydrogen-bond donors (Lipinski definition) is 0. The van der Waals surface area contributed by atoms with Crippen molar-refractivity contribution in [1.29, 1.82) is 0 Å². The second-order valence-electron chi connectivity index (χ2n) is 21.3. The van der Waals surface area contributed by atoms with Gasteiger partial charge in [-0.3, -0.25) is 14.4 Å². The zero-order valence-corrected chi connectivity index (χ0v) is 51.3. The van der Waals surface area contributed by atoms with Crippen LogP contribution in [0, 0.1) is 0 Å². The van der Waals surface area contributed by atoms with Crippen molar-refractivity contribution in [3.8, 4) is 0 Å². The van der Waals surface area contributed by atoms with Crippen LogP contribution in [0.4, 0.5) is 0 Å². The molecule has 0 rings (SSSR count). The van der Waals surface area contributed by atoms with Gasteiger partial charge in [-0.1, -0.05) is 283 Å². The summed E-state index contributed by atoms with van der Waals surface area (Å²) in [6.07, 6.45) is 93.6. The summed E-state index contributed by atoms with van der Waals surface area (Å²) >= 11 is 0. The fourth-order valence-corrected chi connectivity index (χ4v) is 8.76. The number of hydrogen-bond acceptors (Lipinski definition) is 6. The van der Waals surface area contributed by atoms with Crippen molar-refractivity contribution in [2.75, 3.05) is 13.2 Å². The molecule has 79 heavy (non-hydrogen) atoms. The van der Waals surface area contributed by atoms with Crippen LogP contribution in [-0.4, -0.2) is 37.2 Å². The quantitative estimate of drug-likeness (QED) is 0.0261. The number of unbranched alkanes of at least 4 members (excludes halogenated alkanes) is 25. The van der Waals surface area contributed by atoms with E-state index in [1.165, 1.54) is 116 Å². The first kappa shape index (κ1) is 74.5. The van der Waals surface area contributed by atoms with E-state index in [2.05, 4.69) is 154 Å². The van der Waals surface area contributed by atoms with Crippen molar-refractivity contribution >= 4 is 17.9 Å². The van der Waals surface area contributed by atoms with Crippen LogP contribution < -0.4 is 0 Å². The highest BCUT2D eigenvalue weighted by Gasteiger charge is 2.19. The van der Waals surface area contributed by atoms with Gasteiger partial charge in [-0.05, 0) is 122 Å². The number of carbonyl (C=O) groups is 3. The molecule has 0 radical (unpaired) electrons. The van der Waals surface area contributed by atoms with Gasteiger partial charge in [0.05, 0.1) is 0 Å². The van der Waals surface area contributed by atoms with Gasteiger partial charge in [-0.2, -0.15) is 0 Å². The third kappa shape index (κ3) is 64.3. The lowest BCUT2D eigenvalue weighted by molar-refractivity contribution is -0.167. The fraction of sp³-hybridized carbons (Fsp3) is 0.658. The predicted octanol–water partition coefficient (Wildman–Crippen LogP) is 22.5. The maximum atomic E-state index is 12.8. The Labute approximate surface area is 487 Å². The minimum atomic E-state index is -0.785. The Morgan fingerprint density at radius 2 is 0.494 bits per heavy atom. The van der Waals surface area contributed by atoms with Gasteiger partial charge in [0.25, 0.3) is 0 Å². The number of carbonyl (C=O) groups excluding carboxylic acids is 3. The van der Waals surface area contributed by atoms with E-state index >= 15 is 0 Å². The van der Waals surface area contributed by atoms with Gasteiger partial charge < -0.3 is 14.2 Å². The molecule has 0 aromatic rings. The zero-order valence-electron chi connectivity index (χ0n) is 51.3. The maximum absolute atomic E-state index is 12.8. The van der Waals surface area contributed by atoms with Crippen LogP contribution in [0.15, 0.2) is 134 Å². The van der Waals surface area contributed by atoms with E-state index in [-0.39, 0.29) is 31.1 Å². The first-order chi connectivity index (χ1) is 39.0. The molecule has 0 aliphatic rings. The van der Waals surface area contributed by atoms with Gasteiger partial charge in [0, 0.05) is 19.3 Å². The summed E-state index contributed by atoms with van der Waals surface area (Å²) in [5.41, 5.74) is 0. The number of rotatable bonds is 58. The van der Waals surface area contributed by atoms with Crippen LogP contribution in [0.25, 0.3) is 0 Å². The van der Waals surface area contributed by atoms with E-state index in [9.17, 15) is 14.4 Å². The second kappa shape index (κ2) is 66.1. The summed E-state index contributed by atoms with van der Waals surface area (Å²) in [6.45, 7) is 6.43. The summed E-state index contributed by atoms with van der Waals surface area (Å²) in [7, 11) is 0. The zero-order chi connectivity index (χ0) is 57.1. The van der Waals surface area contributed by atoms with Gasteiger partial charge in [-0.25, -0.2) is 0 Å². The van der Waals surface area contributed by atoms with E-state index in [1.807, 2.05) is 0 Å². The average molecular weight is 1090 g/mol. The van der Waals surface area contributed by atoms with Gasteiger partial charge in [-0.15, -0.1) is 0 Å². The van der Waals surface area contributed by atoms with Crippen LogP contribution in [0.1, 0.15) is 290 Å². The summed E-state index contributed by atoms with van der Waals surface area (Å²) in [4.78, 5) is 37.9. The van der Waals surface area contributed by atoms with Crippen LogP contribution in [0.2, 0.25) is 0 Å². The molecule has 0 aliphatic carbocycles. The van der Waals surface area contributed by atoms with Gasteiger partial charge in [0.15, 0.2) is 6.10 Å². The Hall–Kier alpha value is -4.45. The lowest BCUT2D eigenvalue weighted by atomic mass is 10.1. The van der Waals surface area contributed by atoms with Crippen molar-refractivity contribution in [3.05, 3.63) is 134 Å². The summed E-state index contributed by atoms with van der Waals surface area (Å²) in [5, 5.41) is 0. The SMILES string of the molecule is CC/C=C\C/C=C\C/C=C\C/C=C\C/C=C\C/C=C\C/C=C\C/C=C\C/C=C\CCCCCCCCCC(=O)OCC(COC(=O)CCCCCCC)OC(=O)CCCCCCCCCCC/C=C\C/C=C\CCCCCCC. The van der Waals surface area contributed by atoms with E-state index < -0.39 is 6.10 Å². The molecular weight excluding hydrogens is 973 g/mol. The summed E-state index contributed by atoms with van der Waals surface area (Å²) in [6, 6.07) is 0. The van der Waals surface area contributed by atoms with Crippen molar-refractivity contribution in [2.24, 2.45) is 0 Å². The highest BCUT2D eigenvalue weighted by atomic mass is 16.6. The molecule has 0 aliphatic heterocycles. The Morgan fingerprint density at radius 1 is 0.266 bits per heavy atom. The van der Waals surface area contributed by atoms with Crippen LogP contribution in [-0.2, 0) is 28.6 Å². The molecule has 1 atom stereocenters. The Balaban J connectivity index is 4.09. The summed E-state index contributed by atoms with van der Waals surface area (Å²) in [5.74, 6) is -0.914. The van der Waals surface area contributed by atoms with E-state index in [0.29, 0.717) is 19.3 Å². The molecule has 0 N–H and O–H groups in total. The molecule has 0 saturated carbocycles. The van der Waals surface area contributed by atoms with Crippen LogP contribution in [0.3, 0.4) is 0 Å². The largest absolute Gasteiger partial charge is 0.462 e. The molecule has 0 bridgehead atoms. The van der Waals surface area contributed by atoms with Gasteiger partial charge in [0.2, 0.25) is 0 Å². The van der Waals surface area contributed by atoms with Crippen LogP contribution >= 0.6 is 0 Å². The van der Waals surface area contributed by atoms with Gasteiger partial charge in [0.1, 0.15) is 13.2 Å². The molecule has 0 fully saturated rings. The van der Waals surface area contributed by atoms with Crippen molar-refractivity contribution in [1.82, 2.24) is 0 Å². The lowest BCUT2D eigenvalue weighted by Gasteiger charge is -2.18. The molecular formula is C73H120O6. The highest BCUT2D eigenvalue weighted by Crippen LogP contribution is 2.15. The number of allylic oxidation sites excluding steroid dienone is 22. The fourth-order valence-electron chi connectivity index (χ4n) is 8.76. The minimum Gasteiger partial charge on any atom is -0.462 e. The molecule has 1 unspecified atom stereocenters. The molecule has 0 aromatic carbocycles. The maximum Gasteiger partial charge on any atom is 0.306 e. The molecule has 6 heteroatoms. The minimum absolute atomic E-state index is 0.0856. The van der Waals surface area contributed by atoms with E-state index in [1.54, 1.807) is 0 Å². The number of esters is 3. The first-order valence-electron chi connectivity index (χ1n) is 32.7. The molecule has 0 aromatic heterocycles. The first-order valence-corrected chi connectivity index (χ1v) is 32.7. The van der Waals surface area contributed by atoms with Crippen molar-refractivity contribution in [3.63, 3.8) is 0 Å². The number of ether oxygens (including phenoxy) is 3. The highest BCUT2D eigenvalue weighted by molar-refractivity contribution is 5.71. The Bertz CT molecular complexity index is 1680. The Morgan fingerprint density at radius 3 is 0.772 bits per heavy atom. The average Bonchev–Trinajstić information content (AvgIpc) is 3.45. The van der Waals surface area contributed by atoms with Crippen LogP contribution in [0.5, 0.6) is 0 Å². The van der Waals surface area contributed by atoms with Gasteiger partial charge >= 0.3 is 17.9 Å². The second-order valence-corrected chi connectivity index (χ2v) is 21.3. The molecule has 448 valence electrons. The van der Waals surface area contributed by atoms with E-state index in [0.717, 1.165) is 135 Å². The van der Waals surface area contributed by atoms with Crippen molar-refractivity contribution in [2.45, 2.75) is 297 Å². The smallest absolute Gasteiger partial charge is 0.306 e. The normalized spacial score (nSPS) is 13.0. The summed E-state index contributed by atoms with van der Waals surface area (Å²) < 4.78 is 16.8. The standard InChI is InChI=1S/C73H120O6/c1-4-7-10-13-15-17-19-21-23-25-27-29-30-31-32-33-34-35-36-37-38-39-40-41-42-44-45-47-49-51-53-55-57-60-63-66-72(75)78-69-70(68-77-71(74)65-62-59-12-9-6-3)79-73(76)67-64-61-58-56-54-52-50-48-46-43-28-26-24-22-20-18-16-14-11-8-5-2/h7,10,15,17,20-23,26-29,31-32,34-35,37-38,40-41,44-45,70H,4-6,8-9,11-14,16,18-19,24-25,30,33,36,39,42-43,46-69H2,1-3H3/b10-7-,17-15-,22-20-,23-21-,28-26-,29-27-,32-31-,35-34-,38-37-,41-40-,45-44-. The third-order valence-corrected chi connectivity index (χ3v) is 13.6. The van der Waals surface area contributed by atoms with Crippen molar-refractivity contribution < 1.29 is 28.6 Å². The Kier molecular flexibility index (Phi) is 62.3. The van der Waals surface area contributed by atoms with E-state index in [4.69, 9.17) is 14.2 Å². The third-order valence-electron chi connectivity index (χ3n) is 13.6. The molecule has 0 saturated heterocycles. The topological polar surface area (TPSA) is 78.9 Å².